The standard InChI is InChI=1S/C21H19Cl2N5O2/c1-27(12-18(29)24-14-9-10-16(22)17(23)11-14)21(30)19-20(13-7-8-13)28(26-25-19)15-5-3-2-4-6-15/h2-6,9-11,13H,7-8,12H2,1H3,(H,24,29). The lowest BCUT2D eigenvalue weighted by Crippen LogP contribution is -2.35. The highest BCUT2D eigenvalue weighted by molar-refractivity contribution is 6.42. The van der Waals surface area contributed by atoms with Crippen molar-refractivity contribution in [1.29, 1.82) is 0 Å². The molecule has 0 spiro atoms. The van der Waals surface area contributed by atoms with Gasteiger partial charge in [-0.25, -0.2) is 4.68 Å². The van der Waals surface area contributed by atoms with Crippen molar-refractivity contribution in [2.24, 2.45) is 0 Å². The molecule has 0 atom stereocenters. The SMILES string of the molecule is CN(CC(=O)Nc1ccc(Cl)c(Cl)c1)C(=O)c1nnn(-c2ccccc2)c1C1CC1. The number of hydrogen-bond acceptors (Lipinski definition) is 4. The summed E-state index contributed by atoms with van der Waals surface area (Å²) in [6, 6.07) is 14.4. The van der Waals surface area contributed by atoms with Crippen LogP contribution in [0.15, 0.2) is 48.5 Å². The van der Waals surface area contributed by atoms with Crippen molar-refractivity contribution in [3.63, 3.8) is 0 Å². The number of nitrogens with one attached hydrogen (secondary N) is 1. The van der Waals surface area contributed by atoms with Gasteiger partial charge in [0, 0.05) is 18.7 Å². The fourth-order valence-corrected chi connectivity index (χ4v) is 3.46. The van der Waals surface area contributed by atoms with E-state index in [0.717, 1.165) is 24.2 Å². The lowest BCUT2D eigenvalue weighted by atomic mass is 10.2. The Kier molecular flexibility index (Phi) is 5.74. The molecule has 30 heavy (non-hydrogen) atoms. The molecule has 3 aromatic rings. The Morgan fingerprint density at radius 1 is 1.13 bits per heavy atom. The monoisotopic (exact) mass is 443 g/mol. The largest absolute Gasteiger partial charge is 0.331 e. The zero-order chi connectivity index (χ0) is 21.3. The molecule has 2 amide bonds. The number of para-hydroxylation sites is 1. The predicted molar refractivity (Wildman–Crippen MR) is 115 cm³/mol. The van der Waals surface area contributed by atoms with Gasteiger partial charge < -0.3 is 10.2 Å². The average molecular weight is 444 g/mol. The van der Waals surface area contributed by atoms with Gasteiger partial charge in [-0.15, -0.1) is 5.10 Å². The second-order valence-corrected chi connectivity index (χ2v) is 8.00. The minimum atomic E-state index is -0.354. The Hall–Kier alpha value is -2.90. The van der Waals surface area contributed by atoms with Crippen LogP contribution >= 0.6 is 23.2 Å². The molecule has 1 aliphatic rings. The highest BCUT2D eigenvalue weighted by Gasteiger charge is 2.35. The number of halogens is 2. The topological polar surface area (TPSA) is 80.1 Å². The van der Waals surface area contributed by atoms with Crippen LogP contribution in [0.4, 0.5) is 5.69 Å². The molecule has 1 saturated carbocycles. The molecule has 9 heteroatoms. The number of aromatic nitrogens is 3. The first kappa shape index (κ1) is 20.4. The molecule has 154 valence electrons. The molecule has 1 N–H and O–H groups in total. The Labute approximate surface area is 183 Å². The summed E-state index contributed by atoms with van der Waals surface area (Å²) in [5.74, 6) is -0.450. The van der Waals surface area contributed by atoms with Crippen LogP contribution in [0, 0.1) is 0 Å². The summed E-state index contributed by atoms with van der Waals surface area (Å²) in [6.07, 6.45) is 1.98. The van der Waals surface area contributed by atoms with E-state index in [1.54, 1.807) is 29.9 Å². The summed E-state index contributed by atoms with van der Waals surface area (Å²) in [5.41, 5.74) is 2.43. The number of anilines is 1. The van der Waals surface area contributed by atoms with E-state index in [4.69, 9.17) is 23.2 Å². The van der Waals surface area contributed by atoms with Crippen molar-refractivity contribution in [3.05, 3.63) is 70.0 Å². The second kappa shape index (κ2) is 8.45. The molecule has 1 aromatic heterocycles. The molecule has 0 bridgehead atoms. The van der Waals surface area contributed by atoms with Crippen molar-refractivity contribution in [2.45, 2.75) is 18.8 Å². The van der Waals surface area contributed by atoms with Gasteiger partial charge in [0.1, 0.15) is 0 Å². The summed E-state index contributed by atoms with van der Waals surface area (Å²) < 4.78 is 1.72. The Bertz CT molecular complexity index is 1100. The number of likely N-dealkylation sites (N-methyl/N-ethyl adjacent to an activating group) is 1. The molecule has 1 fully saturated rings. The molecule has 2 aromatic carbocycles. The predicted octanol–water partition coefficient (Wildman–Crippen LogP) is 4.16. The van der Waals surface area contributed by atoms with Gasteiger partial charge in [-0.3, -0.25) is 9.59 Å². The van der Waals surface area contributed by atoms with Crippen molar-refractivity contribution in [3.8, 4) is 5.69 Å². The molecular formula is C21H19Cl2N5O2. The third kappa shape index (κ3) is 4.32. The van der Waals surface area contributed by atoms with Gasteiger partial charge in [-0.2, -0.15) is 0 Å². The first-order valence-electron chi connectivity index (χ1n) is 9.45. The van der Waals surface area contributed by atoms with Crippen LogP contribution in [0.3, 0.4) is 0 Å². The maximum Gasteiger partial charge on any atom is 0.276 e. The fraction of sp³-hybridized carbons (Fsp3) is 0.238. The van der Waals surface area contributed by atoms with Gasteiger partial charge >= 0.3 is 0 Å². The van der Waals surface area contributed by atoms with Crippen LogP contribution in [0.25, 0.3) is 5.69 Å². The van der Waals surface area contributed by atoms with Crippen LogP contribution in [0.2, 0.25) is 10.0 Å². The number of hydrogen-bond donors (Lipinski definition) is 1. The van der Waals surface area contributed by atoms with Crippen LogP contribution in [0.5, 0.6) is 0 Å². The van der Waals surface area contributed by atoms with Crippen molar-refractivity contribution in [2.75, 3.05) is 18.9 Å². The summed E-state index contributed by atoms with van der Waals surface area (Å²) in [5, 5.41) is 11.8. The lowest BCUT2D eigenvalue weighted by molar-refractivity contribution is -0.116. The van der Waals surface area contributed by atoms with Gasteiger partial charge in [0.05, 0.1) is 28.0 Å². The number of rotatable bonds is 6. The highest BCUT2D eigenvalue weighted by Crippen LogP contribution is 2.42. The van der Waals surface area contributed by atoms with E-state index in [2.05, 4.69) is 15.6 Å². The van der Waals surface area contributed by atoms with E-state index >= 15 is 0 Å². The number of benzene rings is 2. The van der Waals surface area contributed by atoms with Gasteiger partial charge in [0.25, 0.3) is 5.91 Å². The second-order valence-electron chi connectivity index (χ2n) is 7.18. The van der Waals surface area contributed by atoms with Crippen LogP contribution in [-0.4, -0.2) is 45.3 Å². The molecule has 7 nitrogen and oxygen atoms in total. The number of amides is 2. The van der Waals surface area contributed by atoms with Gasteiger partial charge in [-0.05, 0) is 43.2 Å². The molecule has 0 saturated heterocycles. The number of carbonyl (C=O) groups is 2. The maximum atomic E-state index is 13.0. The van der Waals surface area contributed by atoms with Crippen LogP contribution in [-0.2, 0) is 4.79 Å². The van der Waals surface area contributed by atoms with Crippen LogP contribution < -0.4 is 5.32 Å². The van der Waals surface area contributed by atoms with Crippen molar-refractivity contribution in [1.82, 2.24) is 19.9 Å². The van der Waals surface area contributed by atoms with E-state index < -0.39 is 0 Å². The molecule has 1 heterocycles. The van der Waals surface area contributed by atoms with Gasteiger partial charge in [0.15, 0.2) is 5.69 Å². The third-order valence-corrected chi connectivity index (χ3v) is 5.54. The molecule has 0 radical (unpaired) electrons. The fourth-order valence-electron chi connectivity index (χ4n) is 3.17. The highest BCUT2D eigenvalue weighted by atomic mass is 35.5. The average Bonchev–Trinajstić information content (AvgIpc) is 3.48. The maximum absolute atomic E-state index is 13.0. The van der Waals surface area contributed by atoms with E-state index in [9.17, 15) is 9.59 Å². The smallest absolute Gasteiger partial charge is 0.276 e. The zero-order valence-electron chi connectivity index (χ0n) is 16.2. The Balaban J connectivity index is 1.49. The van der Waals surface area contributed by atoms with Gasteiger partial charge in [0.2, 0.25) is 5.91 Å². The normalized spacial score (nSPS) is 13.2. The van der Waals surface area contributed by atoms with Crippen molar-refractivity contribution >= 4 is 40.7 Å². The summed E-state index contributed by atoms with van der Waals surface area (Å²) >= 11 is 11.9. The zero-order valence-corrected chi connectivity index (χ0v) is 17.7. The molecule has 4 rings (SSSR count). The number of nitrogens with zero attached hydrogens (tertiary/aromatic N) is 4. The summed E-state index contributed by atoms with van der Waals surface area (Å²) in [7, 11) is 1.56. The Morgan fingerprint density at radius 3 is 2.53 bits per heavy atom. The first-order chi connectivity index (χ1) is 14.4. The minimum absolute atomic E-state index is 0.138. The van der Waals surface area contributed by atoms with E-state index in [1.165, 1.54) is 4.90 Å². The minimum Gasteiger partial charge on any atom is -0.331 e. The van der Waals surface area contributed by atoms with Crippen molar-refractivity contribution < 1.29 is 9.59 Å². The summed E-state index contributed by atoms with van der Waals surface area (Å²) in [4.78, 5) is 26.7. The van der Waals surface area contributed by atoms with Crippen LogP contribution in [0.1, 0.15) is 34.9 Å². The molecule has 1 aliphatic carbocycles. The molecule has 0 unspecified atom stereocenters. The molecule has 0 aliphatic heterocycles. The molecular weight excluding hydrogens is 425 g/mol. The Morgan fingerprint density at radius 2 is 1.87 bits per heavy atom. The first-order valence-corrected chi connectivity index (χ1v) is 10.2. The quantitative estimate of drug-likeness (QED) is 0.619. The van der Waals surface area contributed by atoms with E-state index in [0.29, 0.717) is 15.7 Å². The third-order valence-electron chi connectivity index (χ3n) is 4.80. The van der Waals surface area contributed by atoms with E-state index in [1.807, 2.05) is 30.3 Å². The van der Waals surface area contributed by atoms with E-state index in [-0.39, 0.29) is 30.0 Å². The lowest BCUT2D eigenvalue weighted by Gasteiger charge is -2.16. The number of carbonyl (C=O) groups excluding carboxylic acids is 2. The van der Waals surface area contributed by atoms with Gasteiger partial charge in [-0.1, -0.05) is 46.6 Å². The summed E-state index contributed by atoms with van der Waals surface area (Å²) in [6.45, 7) is -0.138.